The maximum Gasteiger partial charge on any atom is 0.264 e. The summed E-state index contributed by atoms with van der Waals surface area (Å²) < 4.78 is 28.0. The van der Waals surface area contributed by atoms with Gasteiger partial charge < -0.3 is 10.2 Å². The summed E-state index contributed by atoms with van der Waals surface area (Å²) in [5.74, 6) is 0.892. The lowest BCUT2D eigenvalue weighted by atomic mass is 9.91. The van der Waals surface area contributed by atoms with Crippen molar-refractivity contribution in [2.45, 2.75) is 56.0 Å². The molecule has 37 heavy (non-hydrogen) atoms. The average Bonchev–Trinajstić information content (AvgIpc) is 2.89. The Kier molecular flexibility index (Phi) is 8.79. The number of aryl methyl sites for hydroxylation is 1. The zero-order chi connectivity index (χ0) is 26.4. The Morgan fingerprint density at radius 1 is 1.03 bits per heavy atom. The average molecular weight is 541 g/mol. The van der Waals surface area contributed by atoms with Crippen molar-refractivity contribution in [1.82, 2.24) is 19.9 Å². The molecule has 1 saturated carbocycles. The van der Waals surface area contributed by atoms with E-state index >= 15 is 0 Å². The summed E-state index contributed by atoms with van der Waals surface area (Å²) in [4.78, 5) is 15.8. The van der Waals surface area contributed by atoms with Crippen LogP contribution in [-0.4, -0.2) is 54.4 Å². The van der Waals surface area contributed by atoms with Crippen molar-refractivity contribution in [3.63, 3.8) is 0 Å². The summed E-state index contributed by atoms with van der Waals surface area (Å²) >= 11 is 6.07. The lowest BCUT2D eigenvalue weighted by molar-refractivity contribution is 0.221. The number of hydrogen-bond acceptors (Lipinski definition) is 7. The molecule has 1 aliphatic rings. The minimum atomic E-state index is -3.85. The third-order valence-corrected chi connectivity index (χ3v) is 8.45. The Balaban J connectivity index is 1.39. The molecular formula is C27H33ClN6O2S. The van der Waals surface area contributed by atoms with Gasteiger partial charge in [-0.15, -0.1) is 0 Å². The highest BCUT2D eigenvalue weighted by atomic mass is 35.5. The highest BCUT2D eigenvalue weighted by Crippen LogP contribution is 2.25. The second kappa shape index (κ2) is 12.0. The monoisotopic (exact) mass is 540 g/mol. The maximum absolute atomic E-state index is 12.7. The van der Waals surface area contributed by atoms with Crippen LogP contribution in [0.3, 0.4) is 0 Å². The molecule has 2 N–H and O–H groups in total. The SMILES string of the molecule is CCc1nc(NS(=O)(=O)c2ccccc2Cl)ccc1/C=C/c1cnc(N[C@H]2CC[C@H](N(C)C)CC2)nc1. The van der Waals surface area contributed by atoms with Gasteiger partial charge in [0, 0.05) is 35.7 Å². The molecule has 0 saturated heterocycles. The van der Waals surface area contributed by atoms with E-state index in [1.807, 2.05) is 25.1 Å². The van der Waals surface area contributed by atoms with Crippen LogP contribution in [0.2, 0.25) is 5.02 Å². The number of nitrogens with one attached hydrogen (secondary N) is 2. The minimum absolute atomic E-state index is 0.0136. The van der Waals surface area contributed by atoms with Gasteiger partial charge in [-0.1, -0.05) is 42.8 Å². The first-order valence-corrected chi connectivity index (χ1v) is 14.3. The van der Waals surface area contributed by atoms with Crippen molar-refractivity contribution in [2.75, 3.05) is 24.1 Å². The molecule has 4 rings (SSSR count). The second-order valence-corrected chi connectivity index (χ2v) is 11.5. The topological polar surface area (TPSA) is 100 Å². The number of nitrogens with zero attached hydrogens (tertiary/aromatic N) is 4. The van der Waals surface area contributed by atoms with Crippen molar-refractivity contribution in [1.29, 1.82) is 0 Å². The molecule has 0 aliphatic heterocycles. The Bertz CT molecular complexity index is 1340. The van der Waals surface area contributed by atoms with E-state index in [-0.39, 0.29) is 15.7 Å². The number of hydrogen-bond donors (Lipinski definition) is 2. The fourth-order valence-electron chi connectivity index (χ4n) is 4.46. The van der Waals surface area contributed by atoms with Gasteiger partial charge in [-0.3, -0.25) is 4.72 Å². The smallest absolute Gasteiger partial charge is 0.264 e. The van der Waals surface area contributed by atoms with Gasteiger partial charge in [0.1, 0.15) is 10.7 Å². The van der Waals surface area contributed by atoms with Crippen LogP contribution in [0.1, 0.15) is 49.4 Å². The van der Waals surface area contributed by atoms with Gasteiger partial charge in [-0.05, 0) is 76.0 Å². The third kappa shape index (κ3) is 7.06. The van der Waals surface area contributed by atoms with E-state index in [0.29, 0.717) is 24.5 Å². The first kappa shape index (κ1) is 27.0. The molecule has 2 heterocycles. The number of benzene rings is 1. The van der Waals surface area contributed by atoms with Crippen LogP contribution < -0.4 is 10.0 Å². The number of pyridine rings is 1. The van der Waals surface area contributed by atoms with Crippen LogP contribution >= 0.6 is 11.6 Å². The zero-order valence-electron chi connectivity index (χ0n) is 21.4. The molecule has 0 radical (unpaired) electrons. The van der Waals surface area contributed by atoms with Gasteiger partial charge in [0.15, 0.2) is 0 Å². The molecule has 0 bridgehead atoms. The van der Waals surface area contributed by atoms with Crippen LogP contribution in [0.5, 0.6) is 0 Å². The van der Waals surface area contributed by atoms with Crippen molar-refractivity contribution >= 4 is 45.5 Å². The van der Waals surface area contributed by atoms with E-state index in [9.17, 15) is 8.42 Å². The highest BCUT2D eigenvalue weighted by Gasteiger charge is 2.22. The number of sulfonamides is 1. The third-order valence-electron chi connectivity index (χ3n) is 6.60. The quantitative estimate of drug-likeness (QED) is 0.377. The van der Waals surface area contributed by atoms with Crippen molar-refractivity contribution in [3.05, 3.63) is 70.6 Å². The fourth-order valence-corrected chi connectivity index (χ4v) is 5.98. The maximum atomic E-state index is 12.7. The molecule has 10 heteroatoms. The molecule has 1 fully saturated rings. The summed E-state index contributed by atoms with van der Waals surface area (Å²) in [5, 5.41) is 3.62. The van der Waals surface area contributed by atoms with Crippen molar-refractivity contribution in [3.8, 4) is 0 Å². The van der Waals surface area contributed by atoms with Crippen LogP contribution in [0.25, 0.3) is 12.2 Å². The first-order valence-electron chi connectivity index (χ1n) is 12.5. The molecule has 0 atom stereocenters. The molecule has 196 valence electrons. The van der Waals surface area contributed by atoms with E-state index in [2.05, 4.69) is 44.0 Å². The lowest BCUT2D eigenvalue weighted by Crippen LogP contribution is -2.36. The van der Waals surface area contributed by atoms with Crippen LogP contribution in [0.4, 0.5) is 11.8 Å². The van der Waals surface area contributed by atoms with Gasteiger partial charge in [0.2, 0.25) is 5.95 Å². The summed E-state index contributed by atoms with van der Waals surface area (Å²) in [5.41, 5.74) is 2.53. The first-order chi connectivity index (χ1) is 17.7. The van der Waals surface area contributed by atoms with Crippen molar-refractivity contribution < 1.29 is 8.42 Å². The summed E-state index contributed by atoms with van der Waals surface area (Å²) in [6, 6.07) is 10.9. The molecule has 8 nitrogen and oxygen atoms in total. The van der Waals surface area contributed by atoms with E-state index in [0.717, 1.165) is 29.7 Å². The highest BCUT2D eigenvalue weighted by molar-refractivity contribution is 7.92. The van der Waals surface area contributed by atoms with Gasteiger partial charge in [0.05, 0.1) is 5.02 Å². The molecule has 0 spiro atoms. The van der Waals surface area contributed by atoms with Gasteiger partial charge in [0.25, 0.3) is 10.0 Å². The largest absolute Gasteiger partial charge is 0.351 e. The second-order valence-electron chi connectivity index (χ2n) is 9.41. The van der Waals surface area contributed by atoms with E-state index in [1.165, 1.54) is 25.0 Å². The Labute approximate surface area is 224 Å². The van der Waals surface area contributed by atoms with Gasteiger partial charge in [-0.25, -0.2) is 23.4 Å². The summed E-state index contributed by atoms with van der Waals surface area (Å²) in [6.45, 7) is 1.97. The number of rotatable bonds is 9. The van der Waals surface area contributed by atoms with Gasteiger partial charge >= 0.3 is 0 Å². The molecule has 2 aromatic heterocycles. The summed E-state index contributed by atoms with van der Waals surface area (Å²) in [7, 11) is 0.443. The molecular weight excluding hydrogens is 508 g/mol. The molecule has 1 aromatic carbocycles. The van der Waals surface area contributed by atoms with Crippen LogP contribution in [0.15, 0.2) is 53.7 Å². The minimum Gasteiger partial charge on any atom is -0.351 e. The lowest BCUT2D eigenvalue weighted by Gasteiger charge is -2.32. The predicted octanol–water partition coefficient (Wildman–Crippen LogP) is 5.34. The number of anilines is 2. The predicted molar refractivity (Wildman–Crippen MR) is 150 cm³/mol. The Morgan fingerprint density at radius 2 is 1.73 bits per heavy atom. The molecule has 3 aromatic rings. The van der Waals surface area contributed by atoms with Crippen LogP contribution in [0, 0.1) is 0 Å². The zero-order valence-corrected chi connectivity index (χ0v) is 22.9. The van der Waals surface area contributed by atoms with E-state index < -0.39 is 10.0 Å². The normalized spacial score (nSPS) is 18.3. The van der Waals surface area contributed by atoms with Gasteiger partial charge in [-0.2, -0.15) is 0 Å². The summed E-state index contributed by atoms with van der Waals surface area (Å²) in [6.07, 6.45) is 12.7. The Hall–Kier alpha value is -3.01. The molecule has 0 unspecified atom stereocenters. The van der Waals surface area contributed by atoms with Crippen LogP contribution in [-0.2, 0) is 16.4 Å². The molecule has 1 aliphatic carbocycles. The van der Waals surface area contributed by atoms with E-state index in [1.54, 1.807) is 30.6 Å². The standard InChI is InChI=1S/C27H33ClN6O2S/c1-4-24-20(11-16-26(32-24)33-37(35,36)25-8-6-5-7-23(25)28)10-9-19-17-29-27(30-18-19)31-21-12-14-22(15-13-21)34(2)3/h5-11,16-18,21-22H,4,12-15H2,1-3H3,(H,32,33)(H,29,30,31)/b10-9+/t21-,22-. The van der Waals surface area contributed by atoms with E-state index in [4.69, 9.17) is 11.6 Å². The molecule has 0 amide bonds. The fraction of sp³-hybridized carbons (Fsp3) is 0.370. The Morgan fingerprint density at radius 3 is 2.38 bits per heavy atom. The van der Waals surface area contributed by atoms with Crippen molar-refractivity contribution in [2.24, 2.45) is 0 Å². The number of aromatic nitrogens is 3. The number of halogens is 1.